The van der Waals surface area contributed by atoms with Crippen molar-refractivity contribution >= 4 is 36.7 Å². The van der Waals surface area contributed by atoms with Crippen LogP contribution in [0.25, 0.3) is 11.4 Å². The number of rotatable bonds is 9. The Morgan fingerprint density at radius 2 is 1.00 bits per heavy atom. The molecular formula is C39H56Cl2N2P+. The molecule has 0 saturated heterocycles. The van der Waals surface area contributed by atoms with E-state index in [2.05, 4.69) is 101 Å². The van der Waals surface area contributed by atoms with E-state index in [1.54, 1.807) is 0 Å². The zero-order valence-corrected chi connectivity index (χ0v) is 31.0. The molecule has 2 aliphatic carbocycles. The molecule has 5 heteroatoms. The molecule has 5 rings (SSSR count). The van der Waals surface area contributed by atoms with Gasteiger partial charge in [0.2, 0.25) is 0 Å². The average molecular weight is 655 g/mol. The summed E-state index contributed by atoms with van der Waals surface area (Å²) in [6.07, 6.45) is 13.4. The molecule has 2 aromatic carbocycles. The Morgan fingerprint density at radius 1 is 0.614 bits per heavy atom. The molecule has 0 radical (unpaired) electrons. The van der Waals surface area contributed by atoms with Crippen molar-refractivity contribution in [2.75, 3.05) is 0 Å². The lowest BCUT2D eigenvalue weighted by Gasteiger charge is -2.36. The van der Waals surface area contributed by atoms with Crippen LogP contribution in [0.3, 0.4) is 0 Å². The van der Waals surface area contributed by atoms with Gasteiger partial charge in [0.25, 0.3) is 15.9 Å². The molecule has 2 nitrogen and oxygen atoms in total. The van der Waals surface area contributed by atoms with Crippen LogP contribution in [0.4, 0.5) is 0 Å². The van der Waals surface area contributed by atoms with Crippen LogP contribution in [0.5, 0.6) is 0 Å². The highest BCUT2D eigenvalue weighted by Crippen LogP contribution is 2.56. The number of nitrogens with zero attached hydrogens (tertiary/aromatic N) is 2. The van der Waals surface area contributed by atoms with Gasteiger partial charge in [0.15, 0.2) is 0 Å². The first kappa shape index (κ1) is 34.0. The van der Waals surface area contributed by atoms with Gasteiger partial charge in [-0.15, -0.1) is 0 Å². The van der Waals surface area contributed by atoms with E-state index in [9.17, 15) is 0 Å². The van der Waals surface area contributed by atoms with E-state index in [0.29, 0.717) is 45.3 Å². The number of aromatic nitrogens is 2. The lowest BCUT2D eigenvalue weighted by Crippen LogP contribution is -2.51. The quantitative estimate of drug-likeness (QED) is 0.160. The topological polar surface area (TPSA) is 8.81 Å². The third-order valence-electron chi connectivity index (χ3n) is 10.3. The second-order valence-corrected chi connectivity index (χ2v) is 18.1. The standard InChI is InChI=1S/C39H56Cl2N2P/c1-25(2)31-21-15-22-32(26(3)4)35(31)42-37(40)38(41)43(36-33(27(5)6)23-16-24-34(36)28(7)8)39(42)44(29-17-11-9-12-18-29)30-19-13-10-14-20-30/h15-16,21-30H,9-14,17-20H2,1-8H3/q+1. The van der Waals surface area contributed by atoms with E-state index >= 15 is 0 Å². The van der Waals surface area contributed by atoms with Gasteiger partial charge in [-0.25, -0.2) is 0 Å². The molecule has 0 amide bonds. The Morgan fingerprint density at radius 3 is 1.39 bits per heavy atom. The third-order valence-corrected chi connectivity index (χ3v) is 14.5. The van der Waals surface area contributed by atoms with Crippen LogP contribution in [0.2, 0.25) is 10.3 Å². The summed E-state index contributed by atoms with van der Waals surface area (Å²) >= 11 is 15.3. The van der Waals surface area contributed by atoms with Gasteiger partial charge in [-0.05, 0) is 83.9 Å². The van der Waals surface area contributed by atoms with E-state index in [1.165, 1.54) is 103 Å². The molecule has 2 fully saturated rings. The smallest absolute Gasteiger partial charge is 0.177 e. The first-order valence-electron chi connectivity index (χ1n) is 17.6. The molecular weight excluding hydrogens is 598 g/mol. The van der Waals surface area contributed by atoms with Gasteiger partial charge in [0.05, 0.1) is 0 Å². The molecule has 0 bridgehead atoms. The summed E-state index contributed by atoms with van der Waals surface area (Å²) in [4.78, 5) is 0. The Bertz CT molecular complexity index is 1270. The maximum atomic E-state index is 7.66. The fraction of sp³-hybridized carbons (Fsp3) is 0.615. The van der Waals surface area contributed by atoms with Crippen molar-refractivity contribution in [3.63, 3.8) is 0 Å². The van der Waals surface area contributed by atoms with Gasteiger partial charge >= 0.3 is 0 Å². The van der Waals surface area contributed by atoms with E-state index in [0.717, 1.165) is 0 Å². The largest absolute Gasteiger partial charge is 0.289 e. The van der Waals surface area contributed by atoms with Gasteiger partial charge in [-0.2, -0.15) is 9.13 Å². The molecule has 2 aliphatic rings. The molecule has 3 aromatic rings. The Balaban J connectivity index is 1.97. The molecule has 240 valence electrons. The molecule has 0 aliphatic heterocycles. The van der Waals surface area contributed by atoms with E-state index in [-0.39, 0.29) is 0 Å². The van der Waals surface area contributed by atoms with Crippen LogP contribution in [0.1, 0.15) is 166 Å². The molecule has 1 heterocycles. The number of imidazole rings is 1. The van der Waals surface area contributed by atoms with Crippen LogP contribution < -0.4 is 10.1 Å². The Hall–Kier alpha value is -1.34. The summed E-state index contributed by atoms with van der Waals surface area (Å²) < 4.78 is 5.01. The first-order chi connectivity index (χ1) is 21.0. The lowest BCUT2D eigenvalue weighted by molar-refractivity contribution is -0.573. The van der Waals surface area contributed by atoms with Gasteiger partial charge < -0.3 is 0 Å². The highest BCUT2D eigenvalue weighted by atomic mass is 35.5. The first-order valence-corrected chi connectivity index (χ1v) is 19.8. The highest BCUT2D eigenvalue weighted by molar-refractivity contribution is 7.66. The van der Waals surface area contributed by atoms with Crippen molar-refractivity contribution in [1.82, 2.24) is 4.57 Å². The summed E-state index contributed by atoms with van der Waals surface area (Å²) in [6.45, 7) is 18.6. The zero-order chi connectivity index (χ0) is 31.7. The van der Waals surface area contributed by atoms with Crippen molar-refractivity contribution < 1.29 is 4.57 Å². The van der Waals surface area contributed by atoms with Crippen molar-refractivity contribution in [3.8, 4) is 11.4 Å². The predicted molar refractivity (Wildman–Crippen MR) is 194 cm³/mol. The maximum Gasteiger partial charge on any atom is 0.289 e. The van der Waals surface area contributed by atoms with Crippen molar-refractivity contribution in [3.05, 3.63) is 69.0 Å². The molecule has 1 aromatic heterocycles. The monoisotopic (exact) mass is 653 g/mol. The second-order valence-electron chi connectivity index (χ2n) is 14.7. The van der Waals surface area contributed by atoms with E-state index in [1.807, 2.05) is 0 Å². The Kier molecular flexibility index (Phi) is 11.3. The molecule has 0 unspecified atom stereocenters. The third kappa shape index (κ3) is 6.57. The molecule has 0 spiro atoms. The fourth-order valence-electron chi connectivity index (χ4n) is 7.97. The van der Waals surface area contributed by atoms with Crippen LogP contribution in [0, 0.1) is 0 Å². The molecule has 44 heavy (non-hydrogen) atoms. The summed E-state index contributed by atoms with van der Waals surface area (Å²) in [5.74, 6) is 1.47. The number of hydrogen-bond acceptors (Lipinski definition) is 0. The molecule has 0 N–H and O–H groups in total. The van der Waals surface area contributed by atoms with Crippen molar-refractivity contribution in [1.29, 1.82) is 0 Å². The number of hydrogen-bond donors (Lipinski definition) is 0. The molecule has 2 saturated carbocycles. The van der Waals surface area contributed by atoms with Gasteiger partial charge in [0, 0.05) is 30.2 Å². The van der Waals surface area contributed by atoms with Crippen molar-refractivity contribution in [2.45, 2.75) is 155 Å². The number of benzene rings is 2. The average Bonchev–Trinajstić information content (AvgIpc) is 3.26. The minimum Gasteiger partial charge on any atom is -0.177 e. The van der Waals surface area contributed by atoms with Crippen LogP contribution >= 0.6 is 31.1 Å². The maximum absolute atomic E-state index is 7.66. The van der Waals surface area contributed by atoms with Crippen LogP contribution in [0.15, 0.2) is 36.4 Å². The Labute approximate surface area is 279 Å². The summed E-state index contributed by atoms with van der Waals surface area (Å²) in [5.41, 5.74) is 10.8. The normalized spacial score (nSPS) is 17.2. The second kappa shape index (κ2) is 14.6. The van der Waals surface area contributed by atoms with Crippen molar-refractivity contribution in [2.24, 2.45) is 0 Å². The minimum absolute atomic E-state index is 0.368. The van der Waals surface area contributed by atoms with Gasteiger partial charge in [-0.3, -0.25) is 0 Å². The summed E-state index contributed by atoms with van der Waals surface area (Å²) in [5, 5.41) is 1.37. The molecule has 0 atom stereocenters. The van der Waals surface area contributed by atoms with Crippen LogP contribution in [-0.4, -0.2) is 15.9 Å². The van der Waals surface area contributed by atoms with E-state index < -0.39 is 7.92 Å². The SMILES string of the molecule is CC(C)c1cccc(C(C)C)c1-n1c(Cl)c(Cl)[n+](-c2c(C(C)C)cccc2C(C)C)c1P(C1CCCCC1)C1CCCCC1. The van der Waals surface area contributed by atoms with Gasteiger partial charge in [0.1, 0.15) is 11.4 Å². The zero-order valence-electron chi connectivity index (χ0n) is 28.6. The highest BCUT2D eigenvalue weighted by Gasteiger charge is 2.46. The predicted octanol–water partition coefficient (Wildman–Crippen LogP) is 12.3. The number of para-hydroxylation sites is 2. The lowest BCUT2D eigenvalue weighted by atomic mass is 9.92. The number of halogens is 2. The summed E-state index contributed by atoms with van der Waals surface area (Å²) in [6, 6.07) is 13.8. The fourth-order valence-corrected chi connectivity index (χ4v) is 12.5. The minimum atomic E-state index is -0.546. The summed E-state index contributed by atoms with van der Waals surface area (Å²) in [7, 11) is -0.546. The van der Waals surface area contributed by atoms with E-state index in [4.69, 9.17) is 23.2 Å². The van der Waals surface area contributed by atoms with Crippen LogP contribution in [-0.2, 0) is 0 Å². The van der Waals surface area contributed by atoms with Gasteiger partial charge in [-0.1, -0.05) is 130 Å².